The first kappa shape index (κ1) is 12.1. The largest absolute Gasteiger partial charge is 0.481 e. The molecule has 5 heteroatoms. The molecule has 1 saturated carbocycles. The number of nitrogens with two attached hydrogens (primary N) is 1. The van der Waals surface area contributed by atoms with E-state index in [9.17, 15) is 0 Å². The van der Waals surface area contributed by atoms with E-state index in [1.807, 2.05) is 0 Å². The predicted molar refractivity (Wildman–Crippen MR) is 64.1 cm³/mol. The molecular weight excluding hydrogens is 218 g/mol. The van der Waals surface area contributed by atoms with Gasteiger partial charge < -0.3 is 15.2 Å². The molecule has 2 atom stereocenters. The second-order valence-corrected chi connectivity index (χ2v) is 4.36. The van der Waals surface area contributed by atoms with E-state index in [2.05, 4.69) is 9.97 Å². The molecule has 0 saturated heterocycles. The van der Waals surface area contributed by atoms with Gasteiger partial charge in [-0.05, 0) is 19.3 Å². The highest BCUT2D eigenvalue weighted by Gasteiger charge is 2.22. The molecule has 0 radical (unpaired) electrons. The first-order valence-electron chi connectivity index (χ1n) is 6.08. The van der Waals surface area contributed by atoms with Crippen LogP contribution in [0.5, 0.6) is 11.8 Å². The first-order valence-corrected chi connectivity index (χ1v) is 6.08. The Kier molecular flexibility index (Phi) is 4.14. The van der Waals surface area contributed by atoms with Crippen molar-refractivity contribution in [1.82, 2.24) is 9.97 Å². The van der Waals surface area contributed by atoms with Crippen LogP contribution < -0.4 is 15.2 Å². The Balaban J connectivity index is 2.02. The zero-order valence-electron chi connectivity index (χ0n) is 10.1. The number of aromatic nitrogens is 2. The SMILES string of the molecule is COc1cc(OC2CCCCCC2N)ncn1. The fraction of sp³-hybridized carbons (Fsp3) is 0.667. The Morgan fingerprint density at radius 2 is 1.94 bits per heavy atom. The van der Waals surface area contributed by atoms with Crippen molar-refractivity contribution in [3.05, 3.63) is 12.4 Å². The van der Waals surface area contributed by atoms with Gasteiger partial charge in [0, 0.05) is 6.04 Å². The van der Waals surface area contributed by atoms with Crippen LogP contribution in [0.2, 0.25) is 0 Å². The fourth-order valence-corrected chi connectivity index (χ4v) is 2.10. The van der Waals surface area contributed by atoms with Gasteiger partial charge >= 0.3 is 0 Å². The molecule has 1 aromatic heterocycles. The van der Waals surface area contributed by atoms with Gasteiger partial charge in [0.05, 0.1) is 13.2 Å². The molecule has 2 N–H and O–H groups in total. The van der Waals surface area contributed by atoms with Gasteiger partial charge in [-0.25, -0.2) is 9.97 Å². The molecule has 0 aliphatic heterocycles. The summed E-state index contributed by atoms with van der Waals surface area (Å²) < 4.78 is 10.9. The molecule has 0 bridgehead atoms. The molecule has 1 heterocycles. The van der Waals surface area contributed by atoms with E-state index in [1.54, 1.807) is 13.2 Å². The molecule has 1 fully saturated rings. The van der Waals surface area contributed by atoms with Crippen molar-refractivity contribution in [3.63, 3.8) is 0 Å². The van der Waals surface area contributed by atoms with Crippen molar-refractivity contribution in [3.8, 4) is 11.8 Å². The molecule has 1 aliphatic rings. The molecule has 1 aromatic rings. The number of ether oxygens (including phenoxy) is 2. The van der Waals surface area contributed by atoms with E-state index < -0.39 is 0 Å². The second kappa shape index (κ2) is 5.82. The van der Waals surface area contributed by atoms with E-state index in [-0.39, 0.29) is 12.1 Å². The third kappa shape index (κ3) is 3.30. The molecule has 0 aromatic carbocycles. The van der Waals surface area contributed by atoms with Crippen LogP contribution in [0.25, 0.3) is 0 Å². The molecule has 94 valence electrons. The highest BCUT2D eigenvalue weighted by molar-refractivity contribution is 5.18. The zero-order valence-corrected chi connectivity index (χ0v) is 10.1. The minimum Gasteiger partial charge on any atom is -0.481 e. The summed E-state index contributed by atoms with van der Waals surface area (Å²) in [7, 11) is 1.57. The lowest BCUT2D eigenvalue weighted by Crippen LogP contribution is -2.38. The van der Waals surface area contributed by atoms with Crippen LogP contribution in [0.1, 0.15) is 32.1 Å². The van der Waals surface area contributed by atoms with Gasteiger partial charge in [-0.3, -0.25) is 0 Å². The topological polar surface area (TPSA) is 70.3 Å². The summed E-state index contributed by atoms with van der Waals surface area (Å²) in [6.45, 7) is 0. The quantitative estimate of drug-likeness (QED) is 0.807. The predicted octanol–water partition coefficient (Wildman–Crippen LogP) is 1.52. The lowest BCUT2D eigenvalue weighted by molar-refractivity contribution is 0.155. The summed E-state index contributed by atoms with van der Waals surface area (Å²) in [5.74, 6) is 1.05. The Hall–Kier alpha value is -1.36. The minimum absolute atomic E-state index is 0.0529. The van der Waals surface area contributed by atoms with E-state index >= 15 is 0 Å². The average Bonchev–Trinajstić information content (AvgIpc) is 2.55. The lowest BCUT2D eigenvalue weighted by atomic mass is 10.1. The summed E-state index contributed by atoms with van der Waals surface area (Å²) >= 11 is 0. The molecular formula is C12H19N3O2. The van der Waals surface area contributed by atoms with Crippen LogP contribution >= 0.6 is 0 Å². The Bertz CT molecular complexity index is 359. The van der Waals surface area contributed by atoms with Crippen molar-refractivity contribution in [1.29, 1.82) is 0 Å². The molecule has 5 nitrogen and oxygen atoms in total. The maximum Gasteiger partial charge on any atom is 0.220 e. The zero-order chi connectivity index (χ0) is 12.1. The van der Waals surface area contributed by atoms with E-state index in [0.717, 1.165) is 12.8 Å². The van der Waals surface area contributed by atoms with Crippen LogP contribution in [-0.4, -0.2) is 29.2 Å². The first-order chi connectivity index (χ1) is 8.29. The van der Waals surface area contributed by atoms with E-state index in [0.29, 0.717) is 11.8 Å². The van der Waals surface area contributed by atoms with Crippen molar-refractivity contribution in [2.24, 2.45) is 5.73 Å². The van der Waals surface area contributed by atoms with Crippen LogP contribution in [0, 0.1) is 0 Å². The highest BCUT2D eigenvalue weighted by atomic mass is 16.5. The van der Waals surface area contributed by atoms with E-state index in [4.69, 9.17) is 15.2 Å². The van der Waals surface area contributed by atoms with Gasteiger partial charge in [0.15, 0.2) is 0 Å². The van der Waals surface area contributed by atoms with Crippen molar-refractivity contribution >= 4 is 0 Å². The number of methoxy groups -OCH3 is 1. The van der Waals surface area contributed by atoms with Gasteiger partial charge in [-0.15, -0.1) is 0 Å². The van der Waals surface area contributed by atoms with Gasteiger partial charge in [-0.1, -0.05) is 12.8 Å². The number of nitrogens with zero attached hydrogens (tertiary/aromatic N) is 2. The molecule has 0 spiro atoms. The lowest BCUT2D eigenvalue weighted by Gasteiger charge is -2.22. The van der Waals surface area contributed by atoms with Crippen LogP contribution in [-0.2, 0) is 0 Å². The van der Waals surface area contributed by atoms with Gasteiger partial charge in [0.25, 0.3) is 0 Å². The fourth-order valence-electron chi connectivity index (χ4n) is 2.10. The molecule has 17 heavy (non-hydrogen) atoms. The van der Waals surface area contributed by atoms with Crippen LogP contribution in [0.4, 0.5) is 0 Å². The monoisotopic (exact) mass is 237 g/mol. The Labute approximate surface area is 101 Å². The molecule has 1 aliphatic carbocycles. The van der Waals surface area contributed by atoms with Crippen molar-refractivity contribution in [2.75, 3.05) is 7.11 Å². The number of rotatable bonds is 3. The Morgan fingerprint density at radius 3 is 2.76 bits per heavy atom. The smallest absolute Gasteiger partial charge is 0.220 e. The normalized spacial score (nSPS) is 25.1. The summed E-state index contributed by atoms with van der Waals surface area (Å²) in [5, 5.41) is 0. The molecule has 2 unspecified atom stereocenters. The average molecular weight is 237 g/mol. The Morgan fingerprint density at radius 1 is 1.18 bits per heavy atom. The summed E-state index contributed by atoms with van der Waals surface area (Å²) in [5.41, 5.74) is 6.10. The summed E-state index contributed by atoms with van der Waals surface area (Å²) in [6, 6.07) is 1.79. The third-order valence-electron chi connectivity index (χ3n) is 3.10. The number of hydrogen-bond donors (Lipinski definition) is 1. The van der Waals surface area contributed by atoms with Crippen LogP contribution in [0.3, 0.4) is 0 Å². The highest BCUT2D eigenvalue weighted by Crippen LogP contribution is 2.22. The standard InChI is InChI=1S/C12H19N3O2/c1-16-11-7-12(15-8-14-11)17-10-6-4-2-3-5-9(10)13/h7-10H,2-6,13H2,1H3. The third-order valence-corrected chi connectivity index (χ3v) is 3.10. The molecule has 0 amide bonds. The van der Waals surface area contributed by atoms with E-state index in [1.165, 1.54) is 25.6 Å². The van der Waals surface area contributed by atoms with Gasteiger partial charge in [0.1, 0.15) is 12.4 Å². The molecule has 2 rings (SSSR count). The number of hydrogen-bond acceptors (Lipinski definition) is 5. The van der Waals surface area contributed by atoms with Crippen molar-refractivity contribution < 1.29 is 9.47 Å². The van der Waals surface area contributed by atoms with Gasteiger partial charge in [-0.2, -0.15) is 0 Å². The maximum absolute atomic E-state index is 6.10. The van der Waals surface area contributed by atoms with Gasteiger partial charge in [0.2, 0.25) is 11.8 Å². The minimum atomic E-state index is 0.0529. The second-order valence-electron chi connectivity index (χ2n) is 4.36. The van der Waals surface area contributed by atoms with Crippen molar-refractivity contribution in [2.45, 2.75) is 44.2 Å². The summed E-state index contributed by atoms with van der Waals surface area (Å²) in [6.07, 6.45) is 7.10. The van der Waals surface area contributed by atoms with Crippen LogP contribution in [0.15, 0.2) is 12.4 Å². The maximum atomic E-state index is 6.10. The summed E-state index contributed by atoms with van der Waals surface area (Å²) in [4.78, 5) is 8.02.